The Labute approximate surface area is 154 Å². The number of aromatic nitrogens is 3. The summed E-state index contributed by atoms with van der Waals surface area (Å²) in [4.78, 5) is 4.75. The molecule has 2 aromatic carbocycles. The van der Waals surface area contributed by atoms with Gasteiger partial charge in [-0.15, -0.1) is 11.3 Å². The molecular weight excluding hydrogens is 352 g/mol. The molecule has 0 unspecified atom stereocenters. The number of nitrogen functional groups attached to an aromatic ring is 1. The zero-order valence-electron chi connectivity index (χ0n) is 13.5. The highest BCUT2D eigenvalue weighted by Gasteiger charge is 2.18. The van der Waals surface area contributed by atoms with Crippen molar-refractivity contribution in [3.05, 3.63) is 70.7 Å². The molecule has 0 saturated carbocycles. The fraction of sp³-hybridized carbons (Fsp3) is 0.0526. The van der Waals surface area contributed by atoms with Crippen LogP contribution >= 0.6 is 22.9 Å². The maximum Gasteiger partial charge on any atom is 0.137 e. The third-order valence-corrected chi connectivity index (χ3v) is 5.07. The van der Waals surface area contributed by atoms with Gasteiger partial charge in [0.05, 0.1) is 22.6 Å². The quantitative estimate of drug-likeness (QED) is 0.541. The van der Waals surface area contributed by atoms with E-state index in [9.17, 15) is 0 Å². The number of rotatable bonds is 3. The molecule has 0 fully saturated rings. The minimum absolute atomic E-state index is 0.598. The number of halogens is 1. The zero-order chi connectivity index (χ0) is 17.4. The predicted octanol–water partition coefficient (Wildman–Crippen LogP) is 5.21. The van der Waals surface area contributed by atoms with Crippen LogP contribution in [-0.4, -0.2) is 14.8 Å². The van der Waals surface area contributed by atoms with Crippen LogP contribution < -0.4 is 5.73 Å². The Morgan fingerprint density at radius 1 is 1.04 bits per heavy atom. The molecule has 0 aliphatic rings. The van der Waals surface area contributed by atoms with Crippen LogP contribution in [0.15, 0.2) is 60.0 Å². The maximum absolute atomic E-state index is 6.39. The summed E-state index contributed by atoms with van der Waals surface area (Å²) in [6, 6.07) is 17.5. The van der Waals surface area contributed by atoms with Crippen molar-refractivity contribution in [2.24, 2.45) is 0 Å². The van der Waals surface area contributed by atoms with Crippen molar-refractivity contribution in [1.82, 2.24) is 14.8 Å². The van der Waals surface area contributed by atoms with Gasteiger partial charge in [-0.2, -0.15) is 5.10 Å². The Morgan fingerprint density at radius 3 is 2.48 bits per heavy atom. The van der Waals surface area contributed by atoms with Gasteiger partial charge in [0.25, 0.3) is 0 Å². The maximum atomic E-state index is 6.39. The van der Waals surface area contributed by atoms with E-state index in [4.69, 9.17) is 22.3 Å². The summed E-state index contributed by atoms with van der Waals surface area (Å²) >= 11 is 7.52. The second-order valence-corrected chi connectivity index (χ2v) is 6.93. The number of nitrogens with two attached hydrogens (primary N) is 1. The molecule has 0 aliphatic carbocycles. The smallest absolute Gasteiger partial charge is 0.137 e. The second kappa shape index (κ2) is 6.35. The largest absolute Gasteiger partial charge is 0.383 e. The molecule has 25 heavy (non-hydrogen) atoms. The van der Waals surface area contributed by atoms with E-state index in [2.05, 4.69) is 5.10 Å². The molecule has 0 spiro atoms. The SMILES string of the molecule is Cc1nn(-c2ccccc2)c(N)c1-c1nc(-c2ccc(Cl)cc2)cs1. The van der Waals surface area contributed by atoms with Gasteiger partial charge in [-0.05, 0) is 31.2 Å². The fourth-order valence-electron chi connectivity index (χ4n) is 2.72. The lowest BCUT2D eigenvalue weighted by molar-refractivity contribution is 0.872. The summed E-state index contributed by atoms with van der Waals surface area (Å²) in [5.74, 6) is 0.598. The molecule has 6 heteroatoms. The number of thiazole rings is 1. The van der Waals surface area contributed by atoms with Crippen molar-refractivity contribution in [3.8, 4) is 27.5 Å². The minimum Gasteiger partial charge on any atom is -0.383 e. The molecule has 2 heterocycles. The summed E-state index contributed by atoms with van der Waals surface area (Å²) in [6.07, 6.45) is 0. The molecule has 0 amide bonds. The van der Waals surface area contributed by atoms with Crippen LogP contribution in [0.5, 0.6) is 0 Å². The van der Waals surface area contributed by atoms with Crippen LogP contribution in [0.25, 0.3) is 27.5 Å². The summed E-state index contributed by atoms with van der Waals surface area (Å²) < 4.78 is 1.76. The van der Waals surface area contributed by atoms with E-state index in [-0.39, 0.29) is 0 Å². The molecule has 4 rings (SSSR count). The average molecular weight is 367 g/mol. The van der Waals surface area contributed by atoms with Gasteiger partial charge in [0.15, 0.2) is 0 Å². The van der Waals surface area contributed by atoms with E-state index < -0.39 is 0 Å². The third-order valence-electron chi connectivity index (χ3n) is 3.95. The van der Waals surface area contributed by atoms with E-state index in [0.717, 1.165) is 33.2 Å². The van der Waals surface area contributed by atoms with E-state index in [1.165, 1.54) is 0 Å². The fourth-order valence-corrected chi connectivity index (χ4v) is 3.78. The number of aryl methyl sites for hydroxylation is 1. The van der Waals surface area contributed by atoms with E-state index >= 15 is 0 Å². The van der Waals surface area contributed by atoms with Gasteiger partial charge in [-0.1, -0.05) is 41.9 Å². The minimum atomic E-state index is 0.598. The normalized spacial score (nSPS) is 11.0. The Morgan fingerprint density at radius 2 is 1.76 bits per heavy atom. The van der Waals surface area contributed by atoms with Crippen molar-refractivity contribution in [3.63, 3.8) is 0 Å². The van der Waals surface area contributed by atoms with Crippen molar-refractivity contribution in [1.29, 1.82) is 0 Å². The molecule has 4 nitrogen and oxygen atoms in total. The number of para-hydroxylation sites is 1. The molecule has 0 bridgehead atoms. The van der Waals surface area contributed by atoms with Gasteiger partial charge >= 0.3 is 0 Å². The summed E-state index contributed by atoms with van der Waals surface area (Å²) in [5.41, 5.74) is 11.0. The highest BCUT2D eigenvalue weighted by Crippen LogP contribution is 2.35. The standard InChI is InChI=1S/C19H15ClN4S/c1-12-17(18(21)24(23-12)15-5-3-2-4-6-15)19-22-16(11-25-19)13-7-9-14(20)10-8-13/h2-11H,21H2,1H3. The topological polar surface area (TPSA) is 56.7 Å². The molecule has 0 radical (unpaired) electrons. The van der Waals surface area contributed by atoms with Gasteiger partial charge in [0, 0.05) is 16.0 Å². The molecule has 2 aromatic heterocycles. The monoisotopic (exact) mass is 366 g/mol. The van der Waals surface area contributed by atoms with E-state index in [1.54, 1.807) is 16.0 Å². The predicted molar refractivity (Wildman–Crippen MR) is 104 cm³/mol. The summed E-state index contributed by atoms with van der Waals surface area (Å²) in [5, 5.41) is 8.19. The summed E-state index contributed by atoms with van der Waals surface area (Å²) in [6.45, 7) is 1.95. The Bertz CT molecular complexity index is 1020. The van der Waals surface area contributed by atoms with Crippen molar-refractivity contribution in [2.45, 2.75) is 6.92 Å². The van der Waals surface area contributed by atoms with Crippen molar-refractivity contribution < 1.29 is 0 Å². The first kappa shape index (κ1) is 15.9. The molecule has 2 N–H and O–H groups in total. The van der Waals surface area contributed by atoms with Crippen molar-refractivity contribution >= 4 is 28.8 Å². The Balaban J connectivity index is 1.76. The molecule has 0 saturated heterocycles. The van der Waals surface area contributed by atoms with Crippen LogP contribution in [0.1, 0.15) is 5.69 Å². The van der Waals surface area contributed by atoms with Crippen LogP contribution in [0.3, 0.4) is 0 Å². The number of nitrogens with zero attached hydrogens (tertiary/aromatic N) is 3. The number of hydrogen-bond acceptors (Lipinski definition) is 4. The first-order valence-electron chi connectivity index (χ1n) is 7.76. The molecule has 0 atom stereocenters. The third kappa shape index (κ3) is 2.92. The van der Waals surface area contributed by atoms with Gasteiger partial charge < -0.3 is 5.73 Å². The highest BCUT2D eigenvalue weighted by atomic mass is 35.5. The zero-order valence-corrected chi connectivity index (χ0v) is 15.1. The lowest BCUT2D eigenvalue weighted by Crippen LogP contribution is -2.01. The number of hydrogen-bond donors (Lipinski definition) is 1. The molecule has 124 valence electrons. The van der Waals surface area contributed by atoms with Crippen molar-refractivity contribution in [2.75, 3.05) is 5.73 Å². The Kier molecular flexibility index (Phi) is 4.03. The Hall–Kier alpha value is -2.63. The van der Waals surface area contributed by atoms with Crippen LogP contribution in [0, 0.1) is 6.92 Å². The second-order valence-electron chi connectivity index (χ2n) is 5.64. The average Bonchev–Trinajstić information content (AvgIpc) is 3.21. The van der Waals surface area contributed by atoms with Gasteiger partial charge in [-0.3, -0.25) is 0 Å². The molecule has 0 aliphatic heterocycles. The lowest BCUT2D eigenvalue weighted by atomic mass is 10.2. The summed E-state index contributed by atoms with van der Waals surface area (Å²) in [7, 11) is 0. The highest BCUT2D eigenvalue weighted by molar-refractivity contribution is 7.13. The lowest BCUT2D eigenvalue weighted by Gasteiger charge is -2.03. The van der Waals surface area contributed by atoms with Gasteiger partial charge in [0.1, 0.15) is 10.8 Å². The van der Waals surface area contributed by atoms with E-state index in [1.807, 2.05) is 66.9 Å². The van der Waals surface area contributed by atoms with Crippen LogP contribution in [-0.2, 0) is 0 Å². The number of benzene rings is 2. The van der Waals surface area contributed by atoms with Crippen LogP contribution in [0.2, 0.25) is 5.02 Å². The molecule has 4 aromatic rings. The molecular formula is C19H15ClN4S. The first-order chi connectivity index (χ1) is 12.1. The first-order valence-corrected chi connectivity index (χ1v) is 9.01. The van der Waals surface area contributed by atoms with Gasteiger partial charge in [-0.25, -0.2) is 9.67 Å². The van der Waals surface area contributed by atoms with Gasteiger partial charge in [0.2, 0.25) is 0 Å². The van der Waals surface area contributed by atoms with E-state index in [0.29, 0.717) is 10.8 Å². The number of anilines is 1. The van der Waals surface area contributed by atoms with Crippen LogP contribution in [0.4, 0.5) is 5.82 Å².